The Hall–Kier alpha value is -1.44. The maximum atomic E-state index is 13.0. The fourth-order valence-corrected chi connectivity index (χ4v) is 2.50. The third-order valence-electron chi connectivity index (χ3n) is 3.24. The van der Waals surface area contributed by atoms with Gasteiger partial charge in [0.05, 0.1) is 12.2 Å². The van der Waals surface area contributed by atoms with Gasteiger partial charge >= 0.3 is 0 Å². The average Bonchev–Trinajstić information content (AvgIpc) is 2.79. The van der Waals surface area contributed by atoms with Gasteiger partial charge in [-0.05, 0) is 37.5 Å². The van der Waals surface area contributed by atoms with Crippen LogP contribution in [0.2, 0.25) is 5.02 Å². The van der Waals surface area contributed by atoms with Crippen LogP contribution >= 0.6 is 11.6 Å². The Kier molecular flexibility index (Phi) is 4.18. The second kappa shape index (κ2) is 5.68. The number of carbonyl (C=O) groups is 1. The van der Waals surface area contributed by atoms with Gasteiger partial charge in [-0.2, -0.15) is 5.26 Å². The standard InChI is InChI=1S/C14H13ClFNO2/c1-8-2-5-13(19-8)14(18)11(7-17)10-4-3-9(16)6-12(10)15/h3-4,6,8,11,13H,2,5H2,1H3. The van der Waals surface area contributed by atoms with Gasteiger partial charge in [0.25, 0.3) is 0 Å². The second-order valence-corrected chi connectivity index (χ2v) is 5.05. The number of ether oxygens (including phenoxy) is 1. The van der Waals surface area contributed by atoms with Crippen LogP contribution in [0.1, 0.15) is 31.2 Å². The molecular weight excluding hydrogens is 269 g/mol. The fourth-order valence-electron chi connectivity index (χ4n) is 2.22. The number of nitrogens with zero attached hydrogens (tertiary/aromatic N) is 1. The van der Waals surface area contributed by atoms with Crippen LogP contribution in [0.15, 0.2) is 18.2 Å². The van der Waals surface area contributed by atoms with Crippen molar-refractivity contribution < 1.29 is 13.9 Å². The highest BCUT2D eigenvalue weighted by Gasteiger charge is 2.34. The SMILES string of the molecule is CC1CCC(C(=O)C(C#N)c2ccc(F)cc2Cl)O1. The third kappa shape index (κ3) is 2.94. The predicted octanol–water partition coefficient (Wildman–Crippen LogP) is 3.22. The van der Waals surface area contributed by atoms with Crippen LogP contribution in [-0.2, 0) is 9.53 Å². The molecule has 3 unspecified atom stereocenters. The van der Waals surface area contributed by atoms with Gasteiger partial charge < -0.3 is 4.74 Å². The van der Waals surface area contributed by atoms with Crippen molar-refractivity contribution in [1.82, 2.24) is 0 Å². The van der Waals surface area contributed by atoms with Crippen molar-refractivity contribution in [1.29, 1.82) is 5.26 Å². The molecule has 0 amide bonds. The van der Waals surface area contributed by atoms with Gasteiger partial charge in [0.15, 0.2) is 5.78 Å². The summed E-state index contributed by atoms with van der Waals surface area (Å²) in [6, 6.07) is 5.61. The summed E-state index contributed by atoms with van der Waals surface area (Å²) in [7, 11) is 0. The van der Waals surface area contributed by atoms with Gasteiger partial charge in [-0.15, -0.1) is 0 Å². The van der Waals surface area contributed by atoms with Gasteiger partial charge in [-0.25, -0.2) is 4.39 Å². The van der Waals surface area contributed by atoms with E-state index in [9.17, 15) is 14.4 Å². The lowest BCUT2D eigenvalue weighted by Crippen LogP contribution is -2.26. The number of hydrogen-bond donors (Lipinski definition) is 0. The largest absolute Gasteiger partial charge is 0.367 e. The molecule has 1 aliphatic heterocycles. The summed E-state index contributed by atoms with van der Waals surface area (Å²) < 4.78 is 18.5. The Bertz CT molecular complexity index is 541. The smallest absolute Gasteiger partial charge is 0.183 e. The molecule has 1 fully saturated rings. The first-order valence-corrected chi connectivity index (χ1v) is 6.44. The van der Waals surface area contributed by atoms with Gasteiger partial charge in [0.1, 0.15) is 17.8 Å². The Labute approximate surface area is 115 Å². The Morgan fingerprint density at radius 3 is 2.84 bits per heavy atom. The van der Waals surface area contributed by atoms with E-state index in [0.29, 0.717) is 12.0 Å². The molecule has 0 radical (unpaired) electrons. The van der Waals surface area contributed by atoms with E-state index in [2.05, 4.69) is 0 Å². The van der Waals surface area contributed by atoms with E-state index in [4.69, 9.17) is 16.3 Å². The quantitative estimate of drug-likeness (QED) is 0.855. The van der Waals surface area contributed by atoms with Crippen LogP contribution in [0.4, 0.5) is 4.39 Å². The second-order valence-electron chi connectivity index (χ2n) is 4.64. The third-order valence-corrected chi connectivity index (χ3v) is 3.56. The van der Waals surface area contributed by atoms with Gasteiger partial charge in [0.2, 0.25) is 0 Å². The molecule has 1 aromatic carbocycles. The molecule has 0 bridgehead atoms. The zero-order valence-electron chi connectivity index (χ0n) is 10.4. The first-order valence-electron chi connectivity index (χ1n) is 6.06. The molecule has 5 heteroatoms. The Morgan fingerprint density at radius 1 is 1.58 bits per heavy atom. The lowest BCUT2D eigenvalue weighted by Gasteiger charge is -2.15. The lowest BCUT2D eigenvalue weighted by atomic mass is 9.92. The lowest BCUT2D eigenvalue weighted by molar-refractivity contribution is -0.129. The molecule has 0 N–H and O–H groups in total. The van der Waals surface area contributed by atoms with Crippen LogP contribution in [0.5, 0.6) is 0 Å². The highest BCUT2D eigenvalue weighted by Crippen LogP contribution is 2.30. The van der Waals surface area contributed by atoms with Crippen molar-refractivity contribution in [2.45, 2.75) is 37.9 Å². The van der Waals surface area contributed by atoms with E-state index in [-0.39, 0.29) is 16.9 Å². The minimum Gasteiger partial charge on any atom is -0.367 e. The Morgan fingerprint density at radius 2 is 2.32 bits per heavy atom. The number of benzene rings is 1. The number of hydrogen-bond acceptors (Lipinski definition) is 3. The van der Waals surface area contributed by atoms with Crippen LogP contribution in [0.3, 0.4) is 0 Å². The van der Waals surface area contributed by atoms with Crippen LogP contribution in [-0.4, -0.2) is 18.0 Å². The molecule has 1 aliphatic rings. The average molecular weight is 282 g/mol. The van der Waals surface area contributed by atoms with Gasteiger partial charge in [-0.3, -0.25) is 4.79 Å². The molecule has 3 nitrogen and oxygen atoms in total. The number of Topliss-reactive ketones (excluding diaryl/α,β-unsaturated/α-hetero) is 1. The molecule has 0 spiro atoms. The molecule has 1 aromatic rings. The van der Waals surface area contributed by atoms with Crippen molar-refractivity contribution in [3.8, 4) is 6.07 Å². The molecule has 1 heterocycles. The molecule has 0 aromatic heterocycles. The summed E-state index contributed by atoms with van der Waals surface area (Å²) >= 11 is 5.90. The molecule has 2 rings (SSSR count). The molecule has 19 heavy (non-hydrogen) atoms. The number of ketones is 1. The van der Waals surface area contributed by atoms with E-state index < -0.39 is 17.8 Å². The number of halogens is 2. The first kappa shape index (κ1) is 14.0. The van der Waals surface area contributed by atoms with Crippen molar-refractivity contribution in [3.05, 3.63) is 34.6 Å². The molecule has 0 saturated carbocycles. The van der Waals surface area contributed by atoms with Crippen molar-refractivity contribution in [2.75, 3.05) is 0 Å². The van der Waals surface area contributed by atoms with Crippen molar-refractivity contribution in [3.63, 3.8) is 0 Å². The van der Waals surface area contributed by atoms with E-state index in [1.54, 1.807) is 0 Å². The number of nitriles is 1. The van der Waals surface area contributed by atoms with Gasteiger partial charge in [-0.1, -0.05) is 17.7 Å². The topological polar surface area (TPSA) is 50.1 Å². The van der Waals surface area contributed by atoms with E-state index in [0.717, 1.165) is 12.5 Å². The molecular formula is C14H13ClFNO2. The summed E-state index contributed by atoms with van der Waals surface area (Å²) in [6.07, 6.45) is 0.862. The fraction of sp³-hybridized carbons (Fsp3) is 0.429. The van der Waals surface area contributed by atoms with Crippen LogP contribution < -0.4 is 0 Å². The minimum atomic E-state index is -1.01. The summed E-state index contributed by atoms with van der Waals surface area (Å²) in [5.41, 5.74) is 0.332. The van der Waals surface area contributed by atoms with Crippen LogP contribution in [0, 0.1) is 17.1 Å². The summed E-state index contributed by atoms with van der Waals surface area (Å²) in [4.78, 5) is 12.3. The first-order chi connectivity index (χ1) is 9.02. The highest BCUT2D eigenvalue weighted by molar-refractivity contribution is 6.31. The normalized spacial score (nSPS) is 23.9. The van der Waals surface area contributed by atoms with E-state index >= 15 is 0 Å². The van der Waals surface area contributed by atoms with E-state index in [1.165, 1.54) is 12.1 Å². The number of carbonyl (C=O) groups excluding carboxylic acids is 1. The summed E-state index contributed by atoms with van der Waals surface area (Å²) in [5.74, 6) is -1.81. The molecule has 100 valence electrons. The van der Waals surface area contributed by atoms with Crippen molar-refractivity contribution in [2.24, 2.45) is 0 Å². The van der Waals surface area contributed by atoms with Gasteiger partial charge in [0, 0.05) is 5.02 Å². The number of rotatable bonds is 3. The monoisotopic (exact) mass is 281 g/mol. The van der Waals surface area contributed by atoms with Crippen molar-refractivity contribution >= 4 is 17.4 Å². The van der Waals surface area contributed by atoms with Crippen LogP contribution in [0.25, 0.3) is 0 Å². The highest BCUT2D eigenvalue weighted by atomic mass is 35.5. The Balaban J connectivity index is 2.25. The summed E-state index contributed by atoms with van der Waals surface area (Å²) in [6.45, 7) is 1.89. The zero-order chi connectivity index (χ0) is 14.0. The molecule has 1 saturated heterocycles. The molecule has 3 atom stereocenters. The minimum absolute atomic E-state index is 0.0250. The summed E-state index contributed by atoms with van der Waals surface area (Å²) in [5, 5.41) is 9.28. The predicted molar refractivity (Wildman–Crippen MR) is 68.3 cm³/mol. The maximum Gasteiger partial charge on any atom is 0.183 e. The maximum absolute atomic E-state index is 13.0. The zero-order valence-corrected chi connectivity index (χ0v) is 11.2. The van der Waals surface area contributed by atoms with E-state index in [1.807, 2.05) is 13.0 Å². The molecule has 0 aliphatic carbocycles.